The Morgan fingerprint density at radius 2 is 2.06 bits per heavy atom. The molecule has 0 saturated carbocycles. The molecule has 2 nitrogen and oxygen atoms in total. The quantitative estimate of drug-likeness (QED) is 0.861. The van der Waals surface area contributed by atoms with E-state index in [9.17, 15) is 5.11 Å². The average molecular weight is 231 g/mol. The van der Waals surface area contributed by atoms with Crippen molar-refractivity contribution in [1.82, 2.24) is 4.90 Å². The maximum atomic E-state index is 9.31. The highest BCUT2D eigenvalue weighted by Crippen LogP contribution is 2.16. The second-order valence-corrected chi connectivity index (χ2v) is 4.64. The Morgan fingerprint density at radius 1 is 1.24 bits per heavy atom. The summed E-state index contributed by atoms with van der Waals surface area (Å²) in [7, 11) is 0. The highest BCUT2D eigenvalue weighted by molar-refractivity contribution is 5.48. The first kappa shape index (κ1) is 12.3. The lowest BCUT2D eigenvalue weighted by atomic mass is 10.0. The summed E-state index contributed by atoms with van der Waals surface area (Å²) in [6.45, 7) is 2.35. The van der Waals surface area contributed by atoms with Crippen LogP contribution in [-0.2, 0) is 0 Å². The van der Waals surface area contributed by atoms with Crippen LogP contribution < -0.4 is 0 Å². The van der Waals surface area contributed by atoms with Crippen LogP contribution in [0.25, 0.3) is 6.08 Å². The van der Waals surface area contributed by atoms with E-state index >= 15 is 0 Å². The SMILES string of the molecule is OCC1CCCCN1CC=Cc1ccccc1. The smallest absolute Gasteiger partial charge is 0.0586 e. The van der Waals surface area contributed by atoms with Crippen LogP contribution in [-0.4, -0.2) is 35.7 Å². The first-order valence-electron chi connectivity index (χ1n) is 6.46. The van der Waals surface area contributed by atoms with Gasteiger partial charge in [-0.1, -0.05) is 48.9 Å². The molecule has 1 heterocycles. The molecule has 0 radical (unpaired) electrons. The second-order valence-electron chi connectivity index (χ2n) is 4.64. The van der Waals surface area contributed by atoms with E-state index in [1.165, 1.54) is 18.4 Å². The predicted octanol–water partition coefficient (Wildman–Crippen LogP) is 2.55. The monoisotopic (exact) mass is 231 g/mol. The van der Waals surface area contributed by atoms with Gasteiger partial charge < -0.3 is 5.11 Å². The van der Waals surface area contributed by atoms with Crippen LogP contribution in [0.3, 0.4) is 0 Å². The lowest BCUT2D eigenvalue weighted by molar-refractivity contribution is 0.101. The molecule has 1 aliphatic heterocycles. The van der Waals surface area contributed by atoms with Gasteiger partial charge in [0.05, 0.1) is 6.61 Å². The number of hydrogen-bond acceptors (Lipinski definition) is 2. The van der Waals surface area contributed by atoms with Gasteiger partial charge in [0.2, 0.25) is 0 Å². The van der Waals surface area contributed by atoms with E-state index in [1.807, 2.05) is 6.07 Å². The molecule has 1 aliphatic rings. The Morgan fingerprint density at radius 3 is 2.82 bits per heavy atom. The lowest BCUT2D eigenvalue weighted by Gasteiger charge is -2.33. The summed E-state index contributed by atoms with van der Waals surface area (Å²) < 4.78 is 0. The van der Waals surface area contributed by atoms with Crippen LogP contribution in [0.4, 0.5) is 0 Å². The van der Waals surface area contributed by atoms with Gasteiger partial charge in [0.25, 0.3) is 0 Å². The molecule has 0 aliphatic carbocycles. The minimum absolute atomic E-state index is 0.291. The predicted molar refractivity (Wildman–Crippen MR) is 71.8 cm³/mol. The van der Waals surface area contributed by atoms with Crippen LogP contribution in [0, 0.1) is 0 Å². The Balaban J connectivity index is 1.86. The topological polar surface area (TPSA) is 23.5 Å². The number of piperidine rings is 1. The summed E-state index contributed by atoms with van der Waals surface area (Å²) in [5.74, 6) is 0. The molecule has 1 fully saturated rings. The summed E-state index contributed by atoms with van der Waals surface area (Å²) in [5.41, 5.74) is 1.24. The van der Waals surface area contributed by atoms with Gasteiger partial charge in [-0.25, -0.2) is 0 Å². The third kappa shape index (κ3) is 3.69. The molecule has 1 unspecified atom stereocenters. The number of aliphatic hydroxyl groups excluding tert-OH is 1. The number of hydrogen-bond donors (Lipinski definition) is 1. The van der Waals surface area contributed by atoms with Crippen LogP contribution in [0.2, 0.25) is 0 Å². The van der Waals surface area contributed by atoms with Gasteiger partial charge in [0.15, 0.2) is 0 Å². The van der Waals surface area contributed by atoms with Crippen molar-refractivity contribution in [3.8, 4) is 0 Å². The number of aliphatic hydroxyl groups is 1. The van der Waals surface area contributed by atoms with Gasteiger partial charge in [0.1, 0.15) is 0 Å². The molecule has 17 heavy (non-hydrogen) atoms. The molecular formula is C15H21NO. The number of nitrogens with zero attached hydrogens (tertiary/aromatic N) is 1. The molecule has 1 aromatic rings. The van der Waals surface area contributed by atoms with Gasteiger partial charge >= 0.3 is 0 Å². The zero-order chi connectivity index (χ0) is 11.9. The molecule has 0 aromatic heterocycles. The summed E-state index contributed by atoms with van der Waals surface area (Å²) >= 11 is 0. The fourth-order valence-electron chi connectivity index (χ4n) is 2.40. The van der Waals surface area contributed by atoms with E-state index < -0.39 is 0 Å². The summed E-state index contributed by atoms with van der Waals surface area (Å²) in [6.07, 6.45) is 8.00. The van der Waals surface area contributed by atoms with Crippen molar-refractivity contribution in [2.24, 2.45) is 0 Å². The molecule has 2 heteroatoms. The minimum Gasteiger partial charge on any atom is -0.395 e. The standard InChI is InChI=1S/C15H21NO/c17-13-15-10-4-5-11-16(15)12-6-9-14-7-2-1-3-8-14/h1-3,6-9,15,17H,4-5,10-13H2. The van der Waals surface area contributed by atoms with Crippen LogP contribution in [0.5, 0.6) is 0 Å². The van der Waals surface area contributed by atoms with Crippen molar-refractivity contribution >= 4 is 6.08 Å². The van der Waals surface area contributed by atoms with Crippen molar-refractivity contribution < 1.29 is 5.11 Å². The normalized spacial score (nSPS) is 22.1. The Kier molecular flexibility index (Phi) is 4.77. The highest BCUT2D eigenvalue weighted by Gasteiger charge is 2.19. The van der Waals surface area contributed by atoms with E-state index in [-0.39, 0.29) is 0 Å². The number of likely N-dealkylation sites (tertiary alicyclic amines) is 1. The second kappa shape index (κ2) is 6.58. The third-order valence-corrected chi connectivity index (χ3v) is 3.41. The largest absolute Gasteiger partial charge is 0.395 e. The molecular weight excluding hydrogens is 210 g/mol. The van der Waals surface area contributed by atoms with E-state index in [4.69, 9.17) is 0 Å². The molecule has 1 saturated heterocycles. The Bertz CT molecular complexity index is 347. The van der Waals surface area contributed by atoms with Crippen molar-refractivity contribution in [2.45, 2.75) is 25.3 Å². The van der Waals surface area contributed by atoms with Gasteiger partial charge in [-0.2, -0.15) is 0 Å². The zero-order valence-corrected chi connectivity index (χ0v) is 10.3. The van der Waals surface area contributed by atoms with E-state index in [2.05, 4.69) is 41.3 Å². The van der Waals surface area contributed by atoms with Crippen molar-refractivity contribution in [1.29, 1.82) is 0 Å². The molecule has 92 valence electrons. The van der Waals surface area contributed by atoms with Crippen molar-refractivity contribution in [3.05, 3.63) is 42.0 Å². The van der Waals surface area contributed by atoms with E-state index in [0.29, 0.717) is 12.6 Å². The third-order valence-electron chi connectivity index (χ3n) is 3.41. The van der Waals surface area contributed by atoms with Crippen LogP contribution in [0.15, 0.2) is 36.4 Å². The summed E-state index contributed by atoms with van der Waals surface area (Å²) in [4.78, 5) is 2.38. The van der Waals surface area contributed by atoms with E-state index in [1.54, 1.807) is 0 Å². The average Bonchev–Trinajstić information content (AvgIpc) is 2.40. The van der Waals surface area contributed by atoms with E-state index in [0.717, 1.165) is 19.5 Å². The molecule has 1 aromatic carbocycles. The zero-order valence-electron chi connectivity index (χ0n) is 10.3. The fourth-order valence-corrected chi connectivity index (χ4v) is 2.40. The summed E-state index contributed by atoms with van der Waals surface area (Å²) in [5, 5.41) is 9.31. The Labute approximate surface area is 104 Å². The summed E-state index contributed by atoms with van der Waals surface area (Å²) in [6, 6.07) is 10.7. The molecule has 0 amide bonds. The lowest BCUT2D eigenvalue weighted by Crippen LogP contribution is -2.41. The van der Waals surface area contributed by atoms with Crippen molar-refractivity contribution in [3.63, 3.8) is 0 Å². The number of benzene rings is 1. The van der Waals surface area contributed by atoms with Gasteiger partial charge in [-0.3, -0.25) is 4.90 Å². The van der Waals surface area contributed by atoms with Gasteiger partial charge in [0, 0.05) is 12.6 Å². The highest BCUT2D eigenvalue weighted by atomic mass is 16.3. The van der Waals surface area contributed by atoms with Crippen LogP contribution in [0.1, 0.15) is 24.8 Å². The molecule has 1 N–H and O–H groups in total. The van der Waals surface area contributed by atoms with Gasteiger partial charge in [-0.05, 0) is 24.9 Å². The molecule has 2 rings (SSSR count). The first-order chi connectivity index (χ1) is 8.40. The Hall–Kier alpha value is -1.12. The maximum absolute atomic E-state index is 9.31. The molecule has 0 bridgehead atoms. The molecule has 1 atom stereocenters. The van der Waals surface area contributed by atoms with Crippen LogP contribution >= 0.6 is 0 Å². The molecule has 0 spiro atoms. The van der Waals surface area contributed by atoms with Crippen molar-refractivity contribution in [2.75, 3.05) is 19.7 Å². The fraction of sp³-hybridized carbons (Fsp3) is 0.467. The first-order valence-corrected chi connectivity index (χ1v) is 6.46. The maximum Gasteiger partial charge on any atom is 0.0586 e. The number of rotatable bonds is 4. The van der Waals surface area contributed by atoms with Gasteiger partial charge in [-0.15, -0.1) is 0 Å². The minimum atomic E-state index is 0.291.